The molecule has 1 N–H and O–H groups in total. The van der Waals surface area contributed by atoms with Gasteiger partial charge in [-0.2, -0.15) is 0 Å². The molecule has 0 aromatic heterocycles. The van der Waals surface area contributed by atoms with Gasteiger partial charge < -0.3 is 5.11 Å². The second kappa shape index (κ2) is 6.69. The molecule has 0 saturated carbocycles. The summed E-state index contributed by atoms with van der Waals surface area (Å²) in [4.78, 5) is 16.8. The second-order valence-electron chi connectivity index (χ2n) is 6.60. The maximum atomic E-state index is 12.3. The predicted molar refractivity (Wildman–Crippen MR) is 84.7 cm³/mol. The fourth-order valence-corrected chi connectivity index (χ4v) is 2.83. The number of ketones is 1. The Labute approximate surface area is 127 Å². The standard InChI is InChI=1S/C17H26N2O2/c1-14-6-4-5-7-15(14)16(20)12-18-8-10-19(11-9-18)13-17(2,3)21/h4-7,21H,8-13H2,1-3H3. The lowest BCUT2D eigenvalue weighted by Gasteiger charge is -2.37. The number of rotatable bonds is 5. The topological polar surface area (TPSA) is 43.8 Å². The van der Waals surface area contributed by atoms with Gasteiger partial charge in [-0.25, -0.2) is 0 Å². The van der Waals surface area contributed by atoms with Crippen molar-refractivity contribution in [2.75, 3.05) is 39.3 Å². The van der Waals surface area contributed by atoms with E-state index >= 15 is 0 Å². The Hall–Kier alpha value is -1.23. The highest BCUT2D eigenvalue weighted by Crippen LogP contribution is 2.11. The molecule has 0 unspecified atom stereocenters. The lowest BCUT2D eigenvalue weighted by molar-refractivity contribution is 0.0179. The van der Waals surface area contributed by atoms with E-state index in [4.69, 9.17) is 0 Å². The number of β-amino-alcohol motifs (C(OH)–C–C–N with tert-alkyl or cyclic N) is 1. The summed E-state index contributed by atoms with van der Waals surface area (Å²) < 4.78 is 0. The van der Waals surface area contributed by atoms with Gasteiger partial charge in [-0.1, -0.05) is 24.3 Å². The van der Waals surface area contributed by atoms with Crippen LogP contribution in [0, 0.1) is 6.92 Å². The maximum Gasteiger partial charge on any atom is 0.177 e. The lowest BCUT2D eigenvalue weighted by Crippen LogP contribution is -2.51. The third kappa shape index (κ3) is 4.92. The van der Waals surface area contributed by atoms with Crippen molar-refractivity contribution < 1.29 is 9.90 Å². The fourth-order valence-electron chi connectivity index (χ4n) is 2.83. The molecule has 0 atom stereocenters. The molecular formula is C17H26N2O2. The van der Waals surface area contributed by atoms with Gasteiger partial charge in [-0.3, -0.25) is 14.6 Å². The highest BCUT2D eigenvalue weighted by molar-refractivity contribution is 5.98. The van der Waals surface area contributed by atoms with Crippen LogP contribution in [-0.4, -0.2) is 65.6 Å². The van der Waals surface area contributed by atoms with Crippen LogP contribution in [0.3, 0.4) is 0 Å². The molecule has 21 heavy (non-hydrogen) atoms. The highest BCUT2D eigenvalue weighted by atomic mass is 16.3. The van der Waals surface area contributed by atoms with Crippen molar-refractivity contribution in [2.45, 2.75) is 26.4 Å². The number of aliphatic hydroxyl groups is 1. The largest absolute Gasteiger partial charge is 0.389 e. The van der Waals surface area contributed by atoms with Gasteiger partial charge in [0.2, 0.25) is 0 Å². The summed E-state index contributed by atoms with van der Waals surface area (Å²) in [5.74, 6) is 0.198. The van der Waals surface area contributed by atoms with Crippen molar-refractivity contribution in [2.24, 2.45) is 0 Å². The van der Waals surface area contributed by atoms with E-state index in [0.29, 0.717) is 13.1 Å². The first kappa shape index (κ1) is 16.1. The molecule has 0 radical (unpaired) electrons. The van der Waals surface area contributed by atoms with Crippen LogP contribution >= 0.6 is 0 Å². The summed E-state index contributed by atoms with van der Waals surface area (Å²) in [5.41, 5.74) is 1.22. The van der Waals surface area contributed by atoms with E-state index in [0.717, 1.165) is 37.3 Å². The third-order valence-corrected chi connectivity index (χ3v) is 3.89. The van der Waals surface area contributed by atoms with Gasteiger partial charge in [0, 0.05) is 38.3 Å². The Bertz CT molecular complexity index is 486. The number of aryl methyl sites for hydroxylation is 1. The molecule has 1 aliphatic rings. The zero-order valence-corrected chi connectivity index (χ0v) is 13.3. The van der Waals surface area contributed by atoms with Gasteiger partial charge >= 0.3 is 0 Å². The quantitative estimate of drug-likeness (QED) is 0.836. The lowest BCUT2D eigenvalue weighted by atomic mass is 10.0. The number of carbonyl (C=O) groups excluding carboxylic acids is 1. The molecule has 1 aromatic carbocycles. The van der Waals surface area contributed by atoms with E-state index < -0.39 is 5.60 Å². The molecular weight excluding hydrogens is 264 g/mol. The molecule has 0 spiro atoms. The molecule has 2 rings (SSSR count). The maximum absolute atomic E-state index is 12.3. The van der Waals surface area contributed by atoms with Gasteiger partial charge in [-0.05, 0) is 26.3 Å². The molecule has 4 heteroatoms. The van der Waals surface area contributed by atoms with E-state index in [-0.39, 0.29) is 5.78 Å². The van der Waals surface area contributed by atoms with Crippen molar-refractivity contribution >= 4 is 5.78 Å². The molecule has 1 aliphatic heterocycles. The molecule has 0 aliphatic carbocycles. The molecule has 4 nitrogen and oxygen atoms in total. The molecule has 0 amide bonds. The Balaban J connectivity index is 1.84. The zero-order valence-electron chi connectivity index (χ0n) is 13.3. The monoisotopic (exact) mass is 290 g/mol. The smallest absolute Gasteiger partial charge is 0.177 e. The Morgan fingerprint density at radius 2 is 1.71 bits per heavy atom. The first-order chi connectivity index (χ1) is 9.85. The van der Waals surface area contributed by atoms with Gasteiger partial charge in [0.05, 0.1) is 12.1 Å². The number of hydrogen-bond donors (Lipinski definition) is 1. The summed E-state index contributed by atoms with van der Waals surface area (Å²) in [6.07, 6.45) is 0. The fraction of sp³-hybridized carbons (Fsp3) is 0.588. The van der Waals surface area contributed by atoms with E-state index in [1.807, 2.05) is 45.0 Å². The molecule has 1 heterocycles. The average Bonchev–Trinajstić information content (AvgIpc) is 2.40. The van der Waals surface area contributed by atoms with Crippen molar-refractivity contribution in [3.8, 4) is 0 Å². The highest BCUT2D eigenvalue weighted by Gasteiger charge is 2.24. The minimum atomic E-state index is -0.654. The predicted octanol–water partition coefficient (Wildman–Crippen LogP) is 1.57. The van der Waals surface area contributed by atoms with E-state index in [1.54, 1.807) is 0 Å². The first-order valence-corrected chi connectivity index (χ1v) is 7.61. The van der Waals surface area contributed by atoms with Crippen LogP contribution in [0.5, 0.6) is 0 Å². The van der Waals surface area contributed by atoms with Gasteiger partial charge in [0.25, 0.3) is 0 Å². The van der Waals surface area contributed by atoms with Gasteiger partial charge in [0.15, 0.2) is 5.78 Å². The Kier molecular flexibility index (Phi) is 5.14. The van der Waals surface area contributed by atoms with Crippen molar-refractivity contribution in [1.29, 1.82) is 0 Å². The normalized spacial score (nSPS) is 17.9. The van der Waals surface area contributed by atoms with Crippen LogP contribution in [-0.2, 0) is 0 Å². The van der Waals surface area contributed by atoms with Crippen LogP contribution in [0.15, 0.2) is 24.3 Å². The summed E-state index contributed by atoms with van der Waals surface area (Å²) in [5, 5.41) is 9.85. The summed E-state index contributed by atoms with van der Waals surface area (Å²) >= 11 is 0. The summed E-state index contributed by atoms with van der Waals surface area (Å²) in [6.45, 7) is 10.4. The number of benzene rings is 1. The molecule has 0 bridgehead atoms. The molecule has 1 fully saturated rings. The summed E-state index contributed by atoms with van der Waals surface area (Å²) in [6, 6.07) is 7.76. The number of carbonyl (C=O) groups is 1. The summed E-state index contributed by atoms with van der Waals surface area (Å²) in [7, 11) is 0. The van der Waals surface area contributed by atoms with E-state index in [9.17, 15) is 9.90 Å². The second-order valence-corrected chi connectivity index (χ2v) is 6.60. The Morgan fingerprint density at radius 3 is 2.29 bits per heavy atom. The first-order valence-electron chi connectivity index (χ1n) is 7.61. The number of Topliss-reactive ketones (excluding diaryl/α,β-unsaturated/α-hetero) is 1. The zero-order chi connectivity index (χ0) is 15.5. The number of nitrogens with zero attached hydrogens (tertiary/aromatic N) is 2. The van der Waals surface area contributed by atoms with Crippen LogP contribution in [0.1, 0.15) is 29.8 Å². The molecule has 116 valence electrons. The van der Waals surface area contributed by atoms with E-state index in [1.165, 1.54) is 0 Å². The SMILES string of the molecule is Cc1ccccc1C(=O)CN1CCN(CC(C)(C)O)CC1. The minimum absolute atomic E-state index is 0.198. The van der Waals surface area contributed by atoms with Gasteiger partial charge in [0.1, 0.15) is 0 Å². The minimum Gasteiger partial charge on any atom is -0.389 e. The van der Waals surface area contributed by atoms with Crippen LogP contribution in [0.2, 0.25) is 0 Å². The number of piperazine rings is 1. The van der Waals surface area contributed by atoms with Crippen molar-refractivity contribution in [3.63, 3.8) is 0 Å². The average molecular weight is 290 g/mol. The van der Waals surface area contributed by atoms with Gasteiger partial charge in [-0.15, -0.1) is 0 Å². The Morgan fingerprint density at radius 1 is 1.14 bits per heavy atom. The van der Waals surface area contributed by atoms with Crippen LogP contribution < -0.4 is 0 Å². The third-order valence-electron chi connectivity index (χ3n) is 3.89. The molecule has 1 saturated heterocycles. The van der Waals surface area contributed by atoms with Crippen molar-refractivity contribution in [3.05, 3.63) is 35.4 Å². The van der Waals surface area contributed by atoms with Crippen molar-refractivity contribution in [1.82, 2.24) is 9.80 Å². The van der Waals surface area contributed by atoms with Crippen LogP contribution in [0.4, 0.5) is 0 Å². The number of hydrogen-bond acceptors (Lipinski definition) is 4. The molecule has 1 aromatic rings. The van der Waals surface area contributed by atoms with E-state index in [2.05, 4.69) is 9.80 Å². The van der Waals surface area contributed by atoms with Crippen LogP contribution in [0.25, 0.3) is 0 Å².